The van der Waals surface area contributed by atoms with E-state index < -0.39 is 17.9 Å². The van der Waals surface area contributed by atoms with Crippen molar-refractivity contribution in [2.24, 2.45) is 5.92 Å². The molecule has 3 aromatic rings. The van der Waals surface area contributed by atoms with Crippen LogP contribution in [0.15, 0.2) is 67.0 Å². The second-order valence-electron chi connectivity index (χ2n) is 8.77. The van der Waals surface area contributed by atoms with Gasteiger partial charge in [0.25, 0.3) is 5.91 Å². The van der Waals surface area contributed by atoms with Gasteiger partial charge in [0, 0.05) is 48.4 Å². The van der Waals surface area contributed by atoms with Crippen LogP contribution in [-0.2, 0) is 9.59 Å². The van der Waals surface area contributed by atoms with E-state index in [1.807, 2.05) is 18.2 Å². The second kappa shape index (κ2) is 12.1. The van der Waals surface area contributed by atoms with Crippen LogP contribution in [0.1, 0.15) is 23.2 Å². The fraction of sp³-hybridized carbons (Fsp3) is 0.259. The molecule has 4 rings (SSSR count). The molecule has 1 atom stereocenters. The van der Waals surface area contributed by atoms with Gasteiger partial charge >= 0.3 is 5.97 Å². The lowest BCUT2D eigenvalue weighted by atomic mass is 9.95. The van der Waals surface area contributed by atoms with E-state index in [1.54, 1.807) is 48.8 Å². The molecule has 1 fully saturated rings. The van der Waals surface area contributed by atoms with Crippen LogP contribution in [0, 0.1) is 5.92 Å². The van der Waals surface area contributed by atoms with E-state index in [-0.39, 0.29) is 18.4 Å². The molecule has 10 heteroatoms. The number of hydrogen-bond acceptors (Lipinski definition) is 5. The smallest absolute Gasteiger partial charge is 0.328 e. The average molecular weight is 541 g/mol. The molecular formula is C27H26Cl2N4O4. The molecular weight excluding hydrogens is 515 g/mol. The molecule has 0 saturated carbocycles. The lowest BCUT2D eigenvalue weighted by molar-refractivity contribution is -0.142. The number of rotatable bonds is 8. The van der Waals surface area contributed by atoms with Crippen LogP contribution in [-0.4, -0.2) is 53.6 Å². The Bertz CT molecular complexity index is 1280. The standard InChI is InChI=1S/C27H26Cl2N4O4/c28-22-8-4-7-21(24(22)29)19-13-20(15-30-14-19)33-11-9-18(10-12-33)26(35)32-23(27(36)37)16-31-25(34)17-5-2-1-3-6-17/h1-8,13-15,18,23H,9-12,16H2,(H,31,34)(H,32,35)(H,36,37)/t23-/m0/s1. The highest BCUT2D eigenvalue weighted by molar-refractivity contribution is 6.43. The molecule has 2 amide bonds. The first kappa shape index (κ1) is 26.4. The number of carbonyl (C=O) groups excluding carboxylic acids is 2. The quantitative estimate of drug-likeness (QED) is 0.393. The highest BCUT2D eigenvalue weighted by Gasteiger charge is 2.29. The summed E-state index contributed by atoms with van der Waals surface area (Å²) in [5, 5.41) is 15.6. The van der Waals surface area contributed by atoms with Crippen molar-refractivity contribution in [2.45, 2.75) is 18.9 Å². The highest BCUT2D eigenvalue weighted by atomic mass is 35.5. The van der Waals surface area contributed by atoms with Gasteiger partial charge in [0.05, 0.1) is 21.9 Å². The van der Waals surface area contributed by atoms with E-state index in [0.717, 1.165) is 16.8 Å². The van der Waals surface area contributed by atoms with Gasteiger partial charge in [-0.25, -0.2) is 4.79 Å². The molecule has 0 aliphatic carbocycles. The SMILES string of the molecule is O=C(NC[C@H](NC(=O)C1CCN(c2cncc(-c3cccc(Cl)c3Cl)c2)CC1)C(=O)O)c1ccccc1. The van der Waals surface area contributed by atoms with Crippen molar-refractivity contribution in [3.05, 3.63) is 82.6 Å². The molecule has 0 spiro atoms. The number of aliphatic carboxylic acids is 1. The highest BCUT2D eigenvalue weighted by Crippen LogP contribution is 2.35. The third kappa shape index (κ3) is 6.58. The van der Waals surface area contributed by atoms with E-state index >= 15 is 0 Å². The minimum absolute atomic E-state index is 0.210. The largest absolute Gasteiger partial charge is 0.480 e. The number of aromatic nitrogens is 1. The first-order valence-electron chi connectivity index (χ1n) is 11.8. The van der Waals surface area contributed by atoms with Crippen LogP contribution >= 0.6 is 23.2 Å². The molecule has 2 heterocycles. The zero-order valence-electron chi connectivity index (χ0n) is 19.9. The minimum atomic E-state index is -1.22. The van der Waals surface area contributed by atoms with Crippen molar-refractivity contribution >= 4 is 46.7 Å². The zero-order chi connectivity index (χ0) is 26.4. The van der Waals surface area contributed by atoms with Gasteiger partial charge in [0.2, 0.25) is 5.91 Å². The third-order valence-electron chi connectivity index (χ3n) is 6.33. The van der Waals surface area contributed by atoms with Gasteiger partial charge in [0.1, 0.15) is 6.04 Å². The summed E-state index contributed by atoms with van der Waals surface area (Å²) in [4.78, 5) is 43.3. The summed E-state index contributed by atoms with van der Waals surface area (Å²) in [5.74, 6) is -2.27. The maximum atomic E-state index is 12.8. The molecule has 3 N–H and O–H groups in total. The summed E-state index contributed by atoms with van der Waals surface area (Å²) < 4.78 is 0. The summed E-state index contributed by atoms with van der Waals surface area (Å²) >= 11 is 12.5. The molecule has 8 nitrogen and oxygen atoms in total. The average Bonchev–Trinajstić information content (AvgIpc) is 2.92. The van der Waals surface area contributed by atoms with Crippen LogP contribution < -0.4 is 15.5 Å². The minimum Gasteiger partial charge on any atom is -0.480 e. The molecule has 37 heavy (non-hydrogen) atoms. The van der Waals surface area contributed by atoms with Crippen LogP contribution in [0.5, 0.6) is 0 Å². The Morgan fingerprint density at radius 1 is 1.03 bits per heavy atom. The summed E-state index contributed by atoms with van der Waals surface area (Å²) in [6, 6.07) is 14.7. The van der Waals surface area contributed by atoms with Crippen LogP contribution in [0.2, 0.25) is 10.0 Å². The Hall–Kier alpha value is -3.62. The number of nitrogens with zero attached hydrogens (tertiary/aromatic N) is 2. The zero-order valence-corrected chi connectivity index (χ0v) is 21.4. The molecule has 192 valence electrons. The molecule has 0 unspecified atom stereocenters. The number of carbonyl (C=O) groups is 3. The number of carboxylic acid groups (broad SMARTS) is 1. The van der Waals surface area contributed by atoms with Gasteiger partial charge in [-0.05, 0) is 37.1 Å². The molecule has 1 aliphatic heterocycles. The molecule has 1 saturated heterocycles. The number of amides is 2. The van der Waals surface area contributed by atoms with Gasteiger partial charge in [0.15, 0.2) is 0 Å². The Morgan fingerprint density at radius 2 is 1.76 bits per heavy atom. The maximum Gasteiger partial charge on any atom is 0.328 e. The van der Waals surface area contributed by atoms with Crippen molar-refractivity contribution in [2.75, 3.05) is 24.5 Å². The first-order chi connectivity index (χ1) is 17.8. The molecule has 0 radical (unpaired) electrons. The number of piperidine rings is 1. The van der Waals surface area contributed by atoms with E-state index in [4.69, 9.17) is 23.2 Å². The van der Waals surface area contributed by atoms with Gasteiger partial charge < -0.3 is 20.6 Å². The van der Waals surface area contributed by atoms with Gasteiger partial charge in [-0.15, -0.1) is 0 Å². The Labute approximate surface area is 224 Å². The Kier molecular flexibility index (Phi) is 8.63. The number of anilines is 1. The van der Waals surface area contributed by atoms with Crippen LogP contribution in [0.25, 0.3) is 11.1 Å². The topological polar surface area (TPSA) is 112 Å². The fourth-order valence-electron chi connectivity index (χ4n) is 4.25. The molecule has 2 aromatic carbocycles. The van der Waals surface area contributed by atoms with Gasteiger partial charge in [-0.2, -0.15) is 0 Å². The lowest BCUT2D eigenvalue weighted by Gasteiger charge is -2.33. The summed E-state index contributed by atoms with van der Waals surface area (Å²) in [6.45, 7) is 1.00. The van der Waals surface area contributed by atoms with Crippen LogP contribution in [0.4, 0.5) is 5.69 Å². The normalized spacial score (nSPS) is 14.6. The van der Waals surface area contributed by atoms with E-state index in [2.05, 4.69) is 20.5 Å². The number of benzene rings is 2. The number of nitrogens with one attached hydrogen (secondary N) is 2. The van der Waals surface area contributed by atoms with Crippen molar-refractivity contribution in [1.29, 1.82) is 0 Å². The number of halogens is 2. The number of carboxylic acids is 1. The summed E-state index contributed by atoms with van der Waals surface area (Å²) in [7, 11) is 0. The van der Waals surface area contributed by atoms with Gasteiger partial charge in [-0.1, -0.05) is 53.5 Å². The monoisotopic (exact) mass is 540 g/mol. The number of pyridine rings is 1. The molecule has 1 aliphatic rings. The van der Waals surface area contributed by atoms with Crippen LogP contribution in [0.3, 0.4) is 0 Å². The Morgan fingerprint density at radius 3 is 2.46 bits per heavy atom. The van der Waals surface area contributed by atoms with Crippen molar-refractivity contribution in [3.8, 4) is 11.1 Å². The lowest BCUT2D eigenvalue weighted by Crippen LogP contribution is -2.51. The third-order valence-corrected chi connectivity index (χ3v) is 7.15. The van der Waals surface area contributed by atoms with Gasteiger partial charge in [-0.3, -0.25) is 14.6 Å². The fourth-order valence-corrected chi connectivity index (χ4v) is 4.66. The first-order valence-corrected chi connectivity index (χ1v) is 12.6. The van der Waals surface area contributed by atoms with E-state index in [0.29, 0.717) is 41.5 Å². The predicted octanol–water partition coefficient (Wildman–Crippen LogP) is 4.27. The Balaban J connectivity index is 1.33. The van der Waals surface area contributed by atoms with Crippen molar-refractivity contribution in [3.63, 3.8) is 0 Å². The number of hydrogen-bond donors (Lipinski definition) is 3. The predicted molar refractivity (Wildman–Crippen MR) is 143 cm³/mol. The second-order valence-corrected chi connectivity index (χ2v) is 9.56. The van der Waals surface area contributed by atoms with E-state index in [9.17, 15) is 19.5 Å². The molecule has 0 bridgehead atoms. The summed E-state index contributed by atoms with van der Waals surface area (Å²) in [5.41, 5.74) is 2.95. The van der Waals surface area contributed by atoms with Crippen molar-refractivity contribution in [1.82, 2.24) is 15.6 Å². The molecule has 1 aromatic heterocycles. The van der Waals surface area contributed by atoms with E-state index in [1.165, 1.54) is 0 Å². The summed E-state index contributed by atoms with van der Waals surface area (Å²) in [6.07, 6.45) is 4.59. The maximum absolute atomic E-state index is 12.8. The van der Waals surface area contributed by atoms with Crippen molar-refractivity contribution < 1.29 is 19.5 Å².